The van der Waals surface area contributed by atoms with E-state index >= 15 is 0 Å². The van der Waals surface area contributed by atoms with Crippen molar-refractivity contribution < 1.29 is 32.6 Å². The molecule has 0 bridgehead atoms. The summed E-state index contributed by atoms with van der Waals surface area (Å²) < 4.78 is 44.5. The Bertz CT molecular complexity index is 673. The van der Waals surface area contributed by atoms with E-state index in [-0.39, 0.29) is 26.2 Å². The standard InChI is InChI=1S/C18H23F3N2O4/c1-11-4-3-5-12(2)16(11)27-7-6-22-15(24)10-23-8-13(17(25)26)14(9-23)18(19,20)21/h3-5,13-14H,6-10H2,1-2H3,(H,22,24)(H,25,26)/t13-,14-/m1/s1. The number of alkyl halides is 3. The lowest BCUT2D eigenvalue weighted by atomic mass is 9.96. The first-order valence-electron chi connectivity index (χ1n) is 8.57. The largest absolute Gasteiger partial charge is 0.491 e. The Labute approximate surface area is 155 Å². The van der Waals surface area contributed by atoms with E-state index in [0.717, 1.165) is 16.9 Å². The lowest BCUT2D eigenvalue weighted by molar-refractivity contribution is -0.188. The van der Waals surface area contributed by atoms with E-state index in [9.17, 15) is 22.8 Å². The molecule has 1 aromatic carbocycles. The molecule has 150 valence electrons. The van der Waals surface area contributed by atoms with E-state index in [0.29, 0.717) is 0 Å². The quantitative estimate of drug-likeness (QED) is 0.699. The molecule has 2 rings (SSSR count). The summed E-state index contributed by atoms with van der Waals surface area (Å²) >= 11 is 0. The molecule has 0 aromatic heterocycles. The molecule has 1 saturated heterocycles. The van der Waals surface area contributed by atoms with Gasteiger partial charge in [-0.1, -0.05) is 18.2 Å². The molecule has 6 nitrogen and oxygen atoms in total. The van der Waals surface area contributed by atoms with Crippen molar-refractivity contribution in [3.63, 3.8) is 0 Å². The molecular weight excluding hydrogens is 365 g/mol. The second-order valence-corrected chi connectivity index (χ2v) is 6.71. The van der Waals surface area contributed by atoms with Gasteiger partial charge in [0.05, 0.1) is 24.9 Å². The summed E-state index contributed by atoms with van der Waals surface area (Å²) in [7, 11) is 0. The summed E-state index contributed by atoms with van der Waals surface area (Å²) in [6.07, 6.45) is -4.60. The first kappa shape index (κ1) is 21.0. The smallest absolute Gasteiger partial charge is 0.393 e. The van der Waals surface area contributed by atoms with Crippen LogP contribution in [0.15, 0.2) is 18.2 Å². The number of aryl methyl sites for hydroxylation is 2. The van der Waals surface area contributed by atoms with E-state index < -0.39 is 36.4 Å². The molecule has 1 fully saturated rings. The number of carboxylic acids is 1. The van der Waals surface area contributed by atoms with E-state index in [1.165, 1.54) is 4.90 Å². The molecule has 2 atom stereocenters. The summed E-state index contributed by atoms with van der Waals surface area (Å²) in [5, 5.41) is 11.6. The Morgan fingerprint density at radius 1 is 1.26 bits per heavy atom. The maximum atomic E-state index is 12.9. The molecule has 1 amide bonds. The average Bonchev–Trinajstić information content (AvgIpc) is 2.98. The Hall–Kier alpha value is -2.29. The average molecular weight is 388 g/mol. The molecule has 0 unspecified atom stereocenters. The van der Waals surface area contributed by atoms with E-state index in [4.69, 9.17) is 9.84 Å². The lowest BCUT2D eigenvalue weighted by Gasteiger charge is -2.18. The molecule has 0 radical (unpaired) electrons. The monoisotopic (exact) mass is 388 g/mol. The minimum atomic E-state index is -4.60. The highest BCUT2D eigenvalue weighted by atomic mass is 19.4. The highest BCUT2D eigenvalue weighted by molar-refractivity contribution is 5.78. The van der Waals surface area contributed by atoms with Crippen LogP contribution >= 0.6 is 0 Å². The third kappa shape index (κ3) is 5.59. The van der Waals surface area contributed by atoms with Gasteiger partial charge >= 0.3 is 12.1 Å². The van der Waals surface area contributed by atoms with Crippen LogP contribution in [0.5, 0.6) is 5.75 Å². The number of nitrogens with zero attached hydrogens (tertiary/aromatic N) is 1. The Kier molecular flexibility index (Phi) is 6.69. The zero-order valence-corrected chi connectivity index (χ0v) is 15.2. The molecule has 0 spiro atoms. The summed E-state index contributed by atoms with van der Waals surface area (Å²) in [4.78, 5) is 24.2. The van der Waals surface area contributed by atoms with Crippen molar-refractivity contribution in [2.75, 3.05) is 32.8 Å². The molecule has 0 saturated carbocycles. The molecule has 0 aliphatic carbocycles. The number of likely N-dealkylation sites (tertiary alicyclic amines) is 1. The summed E-state index contributed by atoms with van der Waals surface area (Å²) in [5.74, 6) is -4.74. The van der Waals surface area contributed by atoms with Gasteiger partial charge < -0.3 is 15.2 Å². The van der Waals surface area contributed by atoms with Crippen LogP contribution in [0.1, 0.15) is 11.1 Å². The molecule has 1 aliphatic rings. The molecule has 1 heterocycles. The summed E-state index contributed by atoms with van der Waals surface area (Å²) in [6.45, 7) is 3.17. The van der Waals surface area contributed by atoms with Crippen LogP contribution in [0, 0.1) is 25.7 Å². The number of hydrogen-bond acceptors (Lipinski definition) is 4. The van der Waals surface area contributed by atoms with Gasteiger partial charge in [-0.05, 0) is 25.0 Å². The van der Waals surface area contributed by atoms with Crippen molar-refractivity contribution >= 4 is 11.9 Å². The van der Waals surface area contributed by atoms with Gasteiger partial charge in [0.1, 0.15) is 12.4 Å². The predicted octanol–water partition coefficient (Wildman–Crippen LogP) is 1.99. The van der Waals surface area contributed by atoms with E-state index in [1.807, 2.05) is 32.0 Å². The van der Waals surface area contributed by atoms with Crippen molar-refractivity contribution in [2.45, 2.75) is 20.0 Å². The molecule has 27 heavy (non-hydrogen) atoms. The second kappa shape index (κ2) is 8.60. The normalized spacial score (nSPS) is 20.5. The van der Waals surface area contributed by atoms with Crippen LogP contribution in [0.4, 0.5) is 13.2 Å². The number of rotatable bonds is 7. The van der Waals surface area contributed by atoms with Gasteiger partial charge in [0.15, 0.2) is 0 Å². The zero-order valence-electron chi connectivity index (χ0n) is 15.2. The van der Waals surface area contributed by atoms with Crippen molar-refractivity contribution in [3.8, 4) is 5.75 Å². The summed E-state index contributed by atoms with van der Waals surface area (Å²) in [5.41, 5.74) is 1.94. The number of carboxylic acid groups (broad SMARTS) is 1. The molecule has 9 heteroatoms. The Balaban J connectivity index is 1.78. The highest BCUT2D eigenvalue weighted by Gasteiger charge is 2.52. The number of aliphatic carboxylic acids is 1. The van der Waals surface area contributed by atoms with Gasteiger partial charge in [-0.2, -0.15) is 13.2 Å². The van der Waals surface area contributed by atoms with E-state index in [2.05, 4.69) is 5.32 Å². The number of benzene rings is 1. The third-order valence-corrected chi connectivity index (χ3v) is 4.58. The molecule has 2 N–H and O–H groups in total. The van der Waals surface area contributed by atoms with Crippen LogP contribution in [-0.2, 0) is 9.59 Å². The van der Waals surface area contributed by atoms with Crippen molar-refractivity contribution in [2.24, 2.45) is 11.8 Å². The van der Waals surface area contributed by atoms with Crippen molar-refractivity contribution in [1.29, 1.82) is 0 Å². The van der Waals surface area contributed by atoms with Crippen LogP contribution in [0.25, 0.3) is 0 Å². The number of ether oxygens (including phenoxy) is 1. The number of nitrogens with one attached hydrogen (secondary N) is 1. The van der Waals surface area contributed by atoms with Gasteiger partial charge in [0.2, 0.25) is 5.91 Å². The maximum absolute atomic E-state index is 12.9. The number of carbonyl (C=O) groups excluding carboxylic acids is 1. The molecule has 1 aromatic rings. The Morgan fingerprint density at radius 3 is 2.41 bits per heavy atom. The third-order valence-electron chi connectivity index (χ3n) is 4.58. The number of carbonyl (C=O) groups is 2. The lowest BCUT2D eigenvalue weighted by Crippen LogP contribution is -2.38. The zero-order chi connectivity index (χ0) is 20.2. The highest BCUT2D eigenvalue weighted by Crippen LogP contribution is 2.37. The topological polar surface area (TPSA) is 78.9 Å². The van der Waals surface area contributed by atoms with Crippen LogP contribution in [0.2, 0.25) is 0 Å². The Morgan fingerprint density at radius 2 is 1.89 bits per heavy atom. The van der Waals surface area contributed by atoms with Gasteiger partial charge in [-0.25, -0.2) is 0 Å². The van der Waals surface area contributed by atoms with Crippen molar-refractivity contribution in [1.82, 2.24) is 10.2 Å². The van der Waals surface area contributed by atoms with Crippen LogP contribution in [-0.4, -0.2) is 60.8 Å². The number of hydrogen-bond donors (Lipinski definition) is 2. The fourth-order valence-electron chi connectivity index (χ4n) is 3.23. The first-order valence-corrected chi connectivity index (χ1v) is 8.57. The minimum absolute atomic E-state index is 0.200. The summed E-state index contributed by atoms with van der Waals surface area (Å²) in [6, 6.07) is 5.72. The second-order valence-electron chi connectivity index (χ2n) is 6.71. The molecule has 1 aliphatic heterocycles. The fraction of sp³-hybridized carbons (Fsp3) is 0.556. The van der Waals surface area contributed by atoms with Gasteiger partial charge in [-0.3, -0.25) is 14.5 Å². The van der Waals surface area contributed by atoms with Crippen LogP contribution in [0.3, 0.4) is 0 Å². The van der Waals surface area contributed by atoms with Gasteiger partial charge in [0, 0.05) is 13.1 Å². The minimum Gasteiger partial charge on any atom is -0.491 e. The van der Waals surface area contributed by atoms with Crippen LogP contribution < -0.4 is 10.1 Å². The number of para-hydroxylation sites is 1. The molecular formula is C18H23F3N2O4. The number of halogens is 3. The first-order chi connectivity index (χ1) is 12.6. The SMILES string of the molecule is Cc1cccc(C)c1OCCNC(=O)CN1C[C@@H](C(F)(F)F)[C@H](C(=O)O)C1. The number of amides is 1. The van der Waals surface area contributed by atoms with E-state index in [1.54, 1.807) is 0 Å². The van der Waals surface area contributed by atoms with Crippen molar-refractivity contribution in [3.05, 3.63) is 29.3 Å². The maximum Gasteiger partial charge on any atom is 0.393 e. The predicted molar refractivity (Wildman–Crippen MR) is 91.5 cm³/mol. The van der Waals surface area contributed by atoms with Gasteiger partial charge in [-0.15, -0.1) is 0 Å². The van der Waals surface area contributed by atoms with Gasteiger partial charge in [0.25, 0.3) is 0 Å². The fourth-order valence-corrected chi connectivity index (χ4v) is 3.23.